The number of nitrogens with one attached hydrogen (secondary N) is 1. The van der Waals surface area contributed by atoms with Crippen molar-refractivity contribution >= 4 is 5.69 Å². The van der Waals surface area contributed by atoms with Gasteiger partial charge in [0.25, 0.3) is 0 Å². The van der Waals surface area contributed by atoms with Gasteiger partial charge >= 0.3 is 5.69 Å². The molecule has 0 spiro atoms. The number of aliphatic hydroxyl groups is 1. The summed E-state index contributed by atoms with van der Waals surface area (Å²) in [5.74, 6) is -0.738. The highest BCUT2D eigenvalue weighted by Gasteiger charge is 2.29. The standard InChI is InChI=1S/C10H11FN2O4/c11-6-1-2-9(7(3-6)13(15)16)17-10-5-12-4-8(10)14/h1-3,8,10,12,14H,4-5H2. The molecule has 0 amide bonds. The molecule has 1 fully saturated rings. The van der Waals surface area contributed by atoms with Crippen LogP contribution in [0.3, 0.4) is 0 Å². The van der Waals surface area contributed by atoms with Crippen LogP contribution in [0.4, 0.5) is 10.1 Å². The first-order valence-electron chi connectivity index (χ1n) is 5.07. The molecule has 1 saturated heterocycles. The molecule has 1 aliphatic rings. The van der Waals surface area contributed by atoms with E-state index < -0.39 is 28.6 Å². The number of β-amino-alcohol motifs (C(OH)–C–C–N with tert-alkyl or cyclic N) is 1. The quantitative estimate of drug-likeness (QED) is 0.593. The van der Waals surface area contributed by atoms with E-state index in [-0.39, 0.29) is 5.75 Å². The first kappa shape index (κ1) is 11.7. The number of hydrogen-bond donors (Lipinski definition) is 2. The van der Waals surface area contributed by atoms with Gasteiger partial charge in [-0.25, -0.2) is 4.39 Å². The van der Waals surface area contributed by atoms with Crippen LogP contribution in [-0.4, -0.2) is 35.3 Å². The summed E-state index contributed by atoms with van der Waals surface area (Å²) in [6.07, 6.45) is -1.28. The number of ether oxygens (including phenoxy) is 1. The molecule has 1 aliphatic heterocycles. The van der Waals surface area contributed by atoms with Crippen molar-refractivity contribution in [2.45, 2.75) is 12.2 Å². The molecular formula is C10H11FN2O4. The normalized spacial score (nSPS) is 23.6. The number of halogens is 1. The molecule has 1 aromatic rings. The van der Waals surface area contributed by atoms with Crippen LogP contribution in [0.5, 0.6) is 5.75 Å². The number of rotatable bonds is 3. The monoisotopic (exact) mass is 242 g/mol. The fourth-order valence-corrected chi connectivity index (χ4v) is 1.66. The highest BCUT2D eigenvalue weighted by molar-refractivity contribution is 5.46. The van der Waals surface area contributed by atoms with Gasteiger partial charge in [0.15, 0.2) is 5.75 Å². The summed E-state index contributed by atoms with van der Waals surface area (Å²) < 4.78 is 18.2. The molecule has 0 aliphatic carbocycles. The molecule has 2 unspecified atom stereocenters. The van der Waals surface area contributed by atoms with Crippen LogP contribution in [0, 0.1) is 15.9 Å². The molecule has 0 saturated carbocycles. The summed E-state index contributed by atoms with van der Waals surface area (Å²) in [6, 6.07) is 3.07. The Morgan fingerprint density at radius 2 is 2.29 bits per heavy atom. The van der Waals surface area contributed by atoms with Gasteiger partial charge in [-0.05, 0) is 12.1 Å². The first-order chi connectivity index (χ1) is 8.08. The van der Waals surface area contributed by atoms with E-state index in [1.54, 1.807) is 0 Å². The zero-order valence-electron chi connectivity index (χ0n) is 8.80. The van der Waals surface area contributed by atoms with Gasteiger partial charge in [-0.3, -0.25) is 10.1 Å². The molecule has 0 bridgehead atoms. The molecule has 0 radical (unpaired) electrons. The molecular weight excluding hydrogens is 231 g/mol. The van der Waals surface area contributed by atoms with Crippen molar-refractivity contribution in [1.82, 2.24) is 5.32 Å². The van der Waals surface area contributed by atoms with Gasteiger partial charge < -0.3 is 15.2 Å². The maximum absolute atomic E-state index is 12.9. The summed E-state index contributed by atoms with van der Waals surface area (Å²) in [7, 11) is 0. The molecule has 7 heteroatoms. The highest BCUT2D eigenvalue weighted by atomic mass is 19.1. The lowest BCUT2D eigenvalue weighted by atomic mass is 10.2. The summed E-state index contributed by atoms with van der Waals surface area (Å²) in [6.45, 7) is 0.773. The number of benzene rings is 1. The van der Waals surface area contributed by atoms with Crippen LogP contribution in [0.1, 0.15) is 0 Å². The van der Waals surface area contributed by atoms with Crippen molar-refractivity contribution in [3.8, 4) is 5.75 Å². The average Bonchev–Trinajstić information content (AvgIpc) is 2.67. The maximum Gasteiger partial charge on any atom is 0.313 e. The van der Waals surface area contributed by atoms with Gasteiger partial charge in [-0.2, -0.15) is 0 Å². The minimum absolute atomic E-state index is 0.0378. The molecule has 6 nitrogen and oxygen atoms in total. The van der Waals surface area contributed by atoms with Gasteiger partial charge in [0.1, 0.15) is 18.0 Å². The van der Waals surface area contributed by atoms with Crippen molar-refractivity contribution < 1.29 is 19.2 Å². The van der Waals surface area contributed by atoms with Crippen molar-refractivity contribution in [2.24, 2.45) is 0 Å². The largest absolute Gasteiger partial charge is 0.479 e. The second kappa shape index (κ2) is 4.64. The molecule has 2 rings (SSSR count). The second-order valence-electron chi connectivity index (χ2n) is 3.75. The summed E-state index contributed by atoms with van der Waals surface area (Å²) in [5, 5.41) is 23.1. The van der Waals surface area contributed by atoms with Gasteiger partial charge in [0.2, 0.25) is 0 Å². The third-order valence-electron chi connectivity index (χ3n) is 2.52. The second-order valence-corrected chi connectivity index (χ2v) is 3.75. The van der Waals surface area contributed by atoms with Gasteiger partial charge in [-0.15, -0.1) is 0 Å². The SMILES string of the molecule is O=[N+]([O-])c1cc(F)ccc1OC1CNCC1O. The minimum Gasteiger partial charge on any atom is -0.479 e. The van der Waals surface area contributed by atoms with Crippen molar-refractivity contribution in [1.29, 1.82) is 0 Å². The van der Waals surface area contributed by atoms with Crippen LogP contribution in [0.2, 0.25) is 0 Å². The van der Waals surface area contributed by atoms with E-state index in [0.717, 1.165) is 12.1 Å². The highest BCUT2D eigenvalue weighted by Crippen LogP contribution is 2.29. The summed E-state index contributed by atoms with van der Waals surface area (Å²) >= 11 is 0. The zero-order chi connectivity index (χ0) is 12.4. The lowest BCUT2D eigenvalue weighted by Gasteiger charge is -2.15. The van der Waals surface area contributed by atoms with E-state index in [2.05, 4.69) is 5.32 Å². The third-order valence-corrected chi connectivity index (χ3v) is 2.52. The van der Waals surface area contributed by atoms with Crippen molar-refractivity contribution in [2.75, 3.05) is 13.1 Å². The number of aliphatic hydroxyl groups excluding tert-OH is 1. The minimum atomic E-state index is -0.723. The average molecular weight is 242 g/mol. The molecule has 1 heterocycles. The van der Waals surface area contributed by atoms with E-state index in [0.29, 0.717) is 13.1 Å². The topological polar surface area (TPSA) is 84.6 Å². The Kier molecular flexibility index (Phi) is 3.21. The number of nitro groups is 1. The van der Waals surface area contributed by atoms with Crippen molar-refractivity contribution in [3.05, 3.63) is 34.1 Å². The fraction of sp³-hybridized carbons (Fsp3) is 0.400. The molecule has 17 heavy (non-hydrogen) atoms. The molecule has 2 N–H and O–H groups in total. The van der Waals surface area contributed by atoms with E-state index in [9.17, 15) is 19.6 Å². The fourth-order valence-electron chi connectivity index (χ4n) is 1.66. The molecule has 1 aromatic carbocycles. The number of nitro benzene ring substituents is 1. The smallest absolute Gasteiger partial charge is 0.313 e. The Bertz CT molecular complexity index is 440. The Hall–Kier alpha value is -1.73. The van der Waals surface area contributed by atoms with Crippen LogP contribution in [0.25, 0.3) is 0 Å². The van der Waals surface area contributed by atoms with E-state index >= 15 is 0 Å². The van der Waals surface area contributed by atoms with Crippen LogP contribution >= 0.6 is 0 Å². The Labute approximate surface area is 96.2 Å². The van der Waals surface area contributed by atoms with E-state index in [1.165, 1.54) is 6.07 Å². The first-order valence-corrected chi connectivity index (χ1v) is 5.07. The maximum atomic E-state index is 12.9. The van der Waals surface area contributed by atoms with Gasteiger partial charge in [0, 0.05) is 13.1 Å². The molecule has 2 atom stereocenters. The predicted octanol–water partition coefficient (Wildman–Crippen LogP) is 0.445. The Morgan fingerprint density at radius 1 is 1.53 bits per heavy atom. The summed E-state index contributed by atoms with van der Waals surface area (Å²) in [4.78, 5) is 9.99. The van der Waals surface area contributed by atoms with E-state index in [1.807, 2.05) is 0 Å². The Balaban J connectivity index is 2.22. The number of hydrogen-bond acceptors (Lipinski definition) is 5. The van der Waals surface area contributed by atoms with Crippen LogP contribution in [-0.2, 0) is 0 Å². The lowest BCUT2D eigenvalue weighted by molar-refractivity contribution is -0.386. The summed E-state index contributed by atoms with van der Waals surface area (Å²) in [5.41, 5.74) is -0.441. The van der Waals surface area contributed by atoms with Crippen LogP contribution in [0.15, 0.2) is 18.2 Å². The predicted molar refractivity (Wildman–Crippen MR) is 56.3 cm³/mol. The van der Waals surface area contributed by atoms with Crippen LogP contribution < -0.4 is 10.1 Å². The Morgan fingerprint density at radius 3 is 2.88 bits per heavy atom. The molecule has 0 aromatic heterocycles. The lowest BCUT2D eigenvalue weighted by Crippen LogP contribution is -2.30. The number of nitrogens with zero attached hydrogens (tertiary/aromatic N) is 1. The molecule has 92 valence electrons. The van der Waals surface area contributed by atoms with Gasteiger partial charge in [-0.1, -0.05) is 0 Å². The zero-order valence-corrected chi connectivity index (χ0v) is 8.80. The third kappa shape index (κ3) is 2.51. The van der Waals surface area contributed by atoms with E-state index in [4.69, 9.17) is 4.74 Å². The van der Waals surface area contributed by atoms with Gasteiger partial charge in [0.05, 0.1) is 11.0 Å². The van der Waals surface area contributed by atoms with Crippen molar-refractivity contribution in [3.63, 3.8) is 0 Å².